The smallest absolute Gasteiger partial charge is 0.325 e. The molecule has 0 spiro atoms. The maximum Gasteiger partial charge on any atom is 0.325 e. The van der Waals surface area contributed by atoms with Gasteiger partial charge in [-0.3, -0.25) is 19.3 Å². The van der Waals surface area contributed by atoms with Gasteiger partial charge in [-0.1, -0.05) is 30.3 Å². The van der Waals surface area contributed by atoms with Gasteiger partial charge in [0.1, 0.15) is 17.9 Å². The molecule has 0 bridgehead atoms. The number of benzene rings is 2. The van der Waals surface area contributed by atoms with Crippen LogP contribution in [0.25, 0.3) is 11.3 Å². The second kappa shape index (κ2) is 9.02. The molecule has 1 saturated heterocycles. The normalized spacial score (nSPS) is 17.4. The minimum Gasteiger partial charge on any atom is -0.326 e. The summed E-state index contributed by atoms with van der Waals surface area (Å²) in [5.74, 6) is -2.07. The highest BCUT2D eigenvalue weighted by atomic mass is 32.1. The molecule has 0 radical (unpaired) electrons. The topological polar surface area (TPSA) is 121 Å². The molecule has 4 rings (SSSR count). The monoisotopic (exact) mass is 481 g/mol. The van der Waals surface area contributed by atoms with Gasteiger partial charge in [0.25, 0.3) is 5.91 Å². The molecule has 1 unspecified atom stereocenters. The van der Waals surface area contributed by atoms with Crippen molar-refractivity contribution in [3.05, 3.63) is 65.3 Å². The molecular formula is C23H20FN5O4S. The van der Waals surface area contributed by atoms with Gasteiger partial charge in [0.05, 0.1) is 5.69 Å². The molecule has 0 saturated carbocycles. The van der Waals surface area contributed by atoms with Crippen LogP contribution in [0.1, 0.15) is 19.4 Å². The third kappa shape index (κ3) is 4.50. The fraction of sp³-hybridized carbons (Fsp3) is 0.174. The molecule has 0 aliphatic carbocycles. The summed E-state index contributed by atoms with van der Waals surface area (Å²) in [6.07, 6.45) is 0. The number of anilines is 2. The van der Waals surface area contributed by atoms with E-state index >= 15 is 0 Å². The van der Waals surface area contributed by atoms with E-state index in [1.165, 1.54) is 19.1 Å². The lowest BCUT2D eigenvalue weighted by molar-refractivity contribution is -0.133. The number of imide groups is 1. The van der Waals surface area contributed by atoms with Crippen molar-refractivity contribution in [3.63, 3.8) is 0 Å². The molecule has 3 N–H and O–H groups in total. The SMILES string of the molecule is CC(=O)Nc1ccc(-c2csc(NC(=O)CN3C(=O)NC(C)(c4ccccc4)C3=O)n2)c(F)c1. The minimum absolute atomic E-state index is 0.184. The van der Waals surface area contributed by atoms with E-state index in [1.54, 1.807) is 48.7 Å². The van der Waals surface area contributed by atoms with Crippen LogP contribution in [-0.4, -0.2) is 40.2 Å². The van der Waals surface area contributed by atoms with Gasteiger partial charge in [-0.05, 0) is 30.7 Å². The van der Waals surface area contributed by atoms with E-state index in [-0.39, 0.29) is 16.6 Å². The molecular weight excluding hydrogens is 461 g/mol. The van der Waals surface area contributed by atoms with Gasteiger partial charge in [0.15, 0.2) is 5.13 Å². The molecule has 9 nitrogen and oxygen atoms in total. The Kier molecular flexibility index (Phi) is 6.12. The highest BCUT2D eigenvalue weighted by Crippen LogP contribution is 2.30. The van der Waals surface area contributed by atoms with Gasteiger partial charge in [0.2, 0.25) is 11.8 Å². The summed E-state index contributed by atoms with van der Waals surface area (Å²) in [4.78, 5) is 54.1. The third-order valence-electron chi connectivity index (χ3n) is 5.24. The number of nitrogens with one attached hydrogen (secondary N) is 3. The summed E-state index contributed by atoms with van der Waals surface area (Å²) in [5.41, 5.74) is 0.131. The second-order valence-electron chi connectivity index (χ2n) is 7.77. The Morgan fingerprint density at radius 3 is 2.56 bits per heavy atom. The van der Waals surface area contributed by atoms with E-state index in [0.717, 1.165) is 16.2 Å². The van der Waals surface area contributed by atoms with Gasteiger partial charge >= 0.3 is 6.03 Å². The van der Waals surface area contributed by atoms with Crippen LogP contribution in [0.2, 0.25) is 0 Å². The van der Waals surface area contributed by atoms with Crippen LogP contribution in [-0.2, 0) is 19.9 Å². The molecule has 1 fully saturated rings. The van der Waals surface area contributed by atoms with E-state index in [2.05, 4.69) is 20.9 Å². The van der Waals surface area contributed by atoms with Crippen molar-refractivity contribution in [1.82, 2.24) is 15.2 Å². The van der Waals surface area contributed by atoms with E-state index < -0.39 is 35.7 Å². The molecule has 1 atom stereocenters. The van der Waals surface area contributed by atoms with Crippen LogP contribution in [0, 0.1) is 5.82 Å². The summed E-state index contributed by atoms with van der Waals surface area (Å²) in [6.45, 7) is 2.41. The van der Waals surface area contributed by atoms with Crippen molar-refractivity contribution in [2.75, 3.05) is 17.2 Å². The molecule has 174 valence electrons. The summed E-state index contributed by atoms with van der Waals surface area (Å²) >= 11 is 1.07. The minimum atomic E-state index is -1.27. The zero-order valence-electron chi connectivity index (χ0n) is 18.2. The maximum atomic E-state index is 14.5. The number of carbonyl (C=O) groups excluding carboxylic acids is 4. The Bertz CT molecular complexity index is 1300. The van der Waals surface area contributed by atoms with Crippen molar-refractivity contribution in [2.24, 2.45) is 0 Å². The highest BCUT2D eigenvalue weighted by molar-refractivity contribution is 7.14. The van der Waals surface area contributed by atoms with Gasteiger partial charge < -0.3 is 16.0 Å². The first-order chi connectivity index (χ1) is 16.2. The molecule has 5 amide bonds. The molecule has 2 aromatic carbocycles. The first kappa shape index (κ1) is 23.1. The fourth-order valence-corrected chi connectivity index (χ4v) is 4.30. The van der Waals surface area contributed by atoms with Crippen LogP contribution in [0.15, 0.2) is 53.9 Å². The summed E-state index contributed by atoms with van der Waals surface area (Å²) < 4.78 is 14.5. The maximum absolute atomic E-state index is 14.5. The van der Waals surface area contributed by atoms with Crippen LogP contribution >= 0.6 is 11.3 Å². The van der Waals surface area contributed by atoms with Gasteiger partial charge in [0, 0.05) is 23.6 Å². The Labute approximate surface area is 198 Å². The molecule has 2 heterocycles. The van der Waals surface area contributed by atoms with Crippen LogP contribution in [0.5, 0.6) is 0 Å². The summed E-state index contributed by atoms with van der Waals surface area (Å²) in [6, 6.07) is 12.3. The zero-order valence-corrected chi connectivity index (χ0v) is 19.0. The Morgan fingerprint density at radius 1 is 1.15 bits per heavy atom. The number of carbonyl (C=O) groups is 4. The molecule has 34 heavy (non-hydrogen) atoms. The average molecular weight is 482 g/mol. The van der Waals surface area contributed by atoms with Crippen molar-refractivity contribution in [2.45, 2.75) is 19.4 Å². The van der Waals surface area contributed by atoms with E-state index in [1.807, 2.05) is 0 Å². The predicted molar refractivity (Wildman–Crippen MR) is 124 cm³/mol. The molecule has 1 aromatic heterocycles. The van der Waals surface area contributed by atoms with Crippen LogP contribution in [0.3, 0.4) is 0 Å². The number of urea groups is 1. The van der Waals surface area contributed by atoms with Crippen LogP contribution in [0.4, 0.5) is 20.0 Å². The number of hydrogen-bond acceptors (Lipinski definition) is 6. The molecule has 1 aliphatic rings. The summed E-state index contributed by atoms with van der Waals surface area (Å²) in [7, 11) is 0. The lowest BCUT2D eigenvalue weighted by atomic mass is 9.92. The van der Waals surface area contributed by atoms with Crippen molar-refractivity contribution < 1.29 is 23.6 Å². The van der Waals surface area contributed by atoms with Gasteiger partial charge in [-0.15, -0.1) is 11.3 Å². The third-order valence-corrected chi connectivity index (χ3v) is 6.00. The number of halogens is 1. The number of thiazole rings is 1. The van der Waals surface area contributed by atoms with Crippen molar-refractivity contribution in [1.29, 1.82) is 0 Å². The lowest BCUT2D eigenvalue weighted by Gasteiger charge is -2.21. The highest BCUT2D eigenvalue weighted by Gasteiger charge is 2.49. The summed E-state index contributed by atoms with van der Waals surface area (Å²) in [5, 5.41) is 9.42. The van der Waals surface area contributed by atoms with Crippen molar-refractivity contribution in [3.8, 4) is 11.3 Å². The average Bonchev–Trinajstić information content (AvgIpc) is 3.32. The van der Waals surface area contributed by atoms with E-state index in [4.69, 9.17) is 0 Å². The molecule has 3 aromatic rings. The first-order valence-electron chi connectivity index (χ1n) is 10.2. The largest absolute Gasteiger partial charge is 0.326 e. The number of nitrogens with zero attached hydrogens (tertiary/aromatic N) is 2. The second-order valence-corrected chi connectivity index (χ2v) is 8.63. The number of amides is 5. The fourth-order valence-electron chi connectivity index (χ4n) is 3.57. The molecule has 1 aliphatic heterocycles. The van der Waals surface area contributed by atoms with Crippen LogP contribution < -0.4 is 16.0 Å². The quantitative estimate of drug-likeness (QED) is 0.467. The van der Waals surface area contributed by atoms with Gasteiger partial charge in [-0.2, -0.15) is 0 Å². The Balaban J connectivity index is 1.43. The van der Waals surface area contributed by atoms with E-state index in [0.29, 0.717) is 16.9 Å². The number of hydrogen-bond donors (Lipinski definition) is 3. The predicted octanol–water partition coefficient (Wildman–Crippen LogP) is 3.31. The zero-order chi connectivity index (χ0) is 24.5. The Morgan fingerprint density at radius 2 is 1.88 bits per heavy atom. The number of rotatable bonds is 6. The van der Waals surface area contributed by atoms with Gasteiger partial charge in [-0.25, -0.2) is 14.2 Å². The number of aromatic nitrogens is 1. The molecule has 11 heteroatoms. The lowest BCUT2D eigenvalue weighted by Crippen LogP contribution is -2.42. The van der Waals surface area contributed by atoms with E-state index in [9.17, 15) is 23.6 Å². The standard InChI is InChI=1S/C23H20FN5O4S/c1-13(30)25-15-8-9-16(17(24)10-15)18-12-34-21(26-18)27-19(31)11-29-20(32)23(2,28-22(29)33)14-6-4-3-5-7-14/h3-10,12H,11H2,1-2H3,(H,25,30)(H,28,33)(H,26,27,31). The van der Waals surface area contributed by atoms with Crippen molar-refractivity contribution >= 4 is 45.9 Å². The Hall–Kier alpha value is -4.12. The first-order valence-corrected chi connectivity index (χ1v) is 11.1.